The van der Waals surface area contributed by atoms with Crippen molar-refractivity contribution >= 4 is 33.6 Å². The van der Waals surface area contributed by atoms with Gasteiger partial charge in [0.25, 0.3) is 5.91 Å². The number of anilines is 1. The van der Waals surface area contributed by atoms with Gasteiger partial charge in [0, 0.05) is 22.5 Å². The fourth-order valence-corrected chi connectivity index (χ4v) is 3.97. The molecule has 0 saturated carbocycles. The summed E-state index contributed by atoms with van der Waals surface area (Å²) < 4.78 is 7.68. The van der Waals surface area contributed by atoms with E-state index in [2.05, 4.69) is 48.9 Å². The Hall–Kier alpha value is -3.13. The maximum absolute atomic E-state index is 13.2. The van der Waals surface area contributed by atoms with E-state index < -0.39 is 0 Å². The summed E-state index contributed by atoms with van der Waals surface area (Å²) in [6.07, 6.45) is 1.72. The predicted molar refractivity (Wildman–Crippen MR) is 142 cm³/mol. The van der Waals surface area contributed by atoms with Gasteiger partial charge in [-0.1, -0.05) is 46.2 Å². The molecule has 0 saturated heterocycles. The number of halogens is 1. The zero-order valence-electron chi connectivity index (χ0n) is 21.0. The molecule has 1 N–H and O–H groups in total. The van der Waals surface area contributed by atoms with Crippen LogP contribution in [0.25, 0.3) is 5.69 Å². The van der Waals surface area contributed by atoms with Gasteiger partial charge < -0.3 is 15.0 Å². The number of carbonyl (C=O) groups excluding carboxylic acids is 2. The molecule has 0 fully saturated rings. The van der Waals surface area contributed by atoms with Crippen LogP contribution in [0.4, 0.5) is 5.82 Å². The summed E-state index contributed by atoms with van der Waals surface area (Å²) in [6, 6.07) is 16.6. The van der Waals surface area contributed by atoms with Crippen LogP contribution in [0.2, 0.25) is 0 Å². The van der Waals surface area contributed by atoms with Crippen molar-refractivity contribution in [3.63, 3.8) is 0 Å². The normalized spacial score (nSPS) is 11.3. The molecule has 0 bridgehead atoms. The van der Waals surface area contributed by atoms with Crippen LogP contribution in [0.5, 0.6) is 5.75 Å². The molecule has 3 rings (SSSR count). The van der Waals surface area contributed by atoms with Gasteiger partial charge in [-0.3, -0.25) is 9.59 Å². The van der Waals surface area contributed by atoms with Crippen molar-refractivity contribution in [2.24, 2.45) is 0 Å². The summed E-state index contributed by atoms with van der Waals surface area (Å²) >= 11 is 3.45. The highest BCUT2D eigenvalue weighted by molar-refractivity contribution is 9.10. The quantitative estimate of drug-likeness (QED) is 0.370. The molecule has 0 atom stereocenters. The first-order valence-corrected chi connectivity index (χ1v) is 12.5. The fraction of sp³-hybridized carbons (Fsp3) is 0.370. The summed E-state index contributed by atoms with van der Waals surface area (Å²) in [4.78, 5) is 28.0. The Morgan fingerprint density at radius 2 is 1.80 bits per heavy atom. The number of nitrogens with one attached hydrogen (secondary N) is 1. The molecule has 0 aliphatic carbocycles. The molecule has 8 heteroatoms. The molecule has 2 aromatic carbocycles. The standard InChI is InChI=1S/C27H33BrN4O3/c1-6-7-16-31(26(34)21-10-8-9-11-22(21)28)18-25(33)29-24-17-23(27(2,3)4)30-32(24)19-12-14-20(35-5)15-13-19/h8-15,17H,6-7,16,18H2,1-5H3,(H,29,33). The molecule has 0 spiro atoms. The van der Waals surface area contributed by atoms with Gasteiger partial charge in [-0.2, -0.15) is 5.10 Å². The van der Waals surface area contributed by atoms with Crippen molar-refractivity contribution < 1.29 is 14.3 Å². The number of amides is 2. The van der Waals surface area contributed by atoms with Crippen molar-refractivity contribution in [1.82, 2.24) is 14.7 Å². The molecule has 0 unspecified atom stereocenters. The van der Waals surface area contributed by atoms with Gasteiger partial charge in [-0.15, -0.1) is 0 Å². The van der Waals surface area contributed by atoms with Crippen molar-refractivity contribution in [3.8, 4) is 11.4 Å². The summed E-state index contributed by atoms with van der Waals surface area (Å²) in [5.41, 5.74) is 1.97. The van der Waals surface area contributed by atoms with E-state index in [4.69, 9.17) is 9.84 Å². The average Bonchev–Trinajstić information content (AvgIpc) is 3.26. The largest absolute Gasteiger partial charge is 0.497 e. The smallest absolute Gasteiger partial charge is 0.255 e. The highest BCUT2D eigenvalue weighted by Crippen LogP contribution is 2.27. The first kappa shape index (κ1) is 26.5. The van der Waals surface area contributed by atoms with Gasteiger partial charge in [0.1, 0.15) is 18.1 Å². The first-order chi connectivity index (χ1) is 16.6. The molecular formula is C27H33BrN4O3. The van der Waals surface area contributed by atoms with Gasteiger partial charge in [0.05, 0.1) is 24.1 Å². The number of methoxy groups -OCH3 is 1. The van der Waals surface area contributed by atoms with Gasteiger partial charge in [0.15, 0.2) is 0 Å². The van der Waals surface area contributed by atoms with Crippen molar-refractivity contribution in [3.05, 3.63) is 70.3 Å². The topological polar surface area (TPSA) is 76.5 Å². The predicted octanol–water partition coefficient (Wildman–Crippen LogP) is 5.82. The van der Waals surface area contributed by atoms with Crippen LogP contribution in [0, 0.1) is 0 Å². The van der Waals surface area contributed by atoms with Gasteiger partial charge in [-0.25, -0.2) is 4.68 Å². The lowest BCUT2D eigenvalue weighted by molar-refractivity contribution is -0.117. The number of benzene rings is 2. The van der Waals surface area contributed by atoms with Crippen LogP contribution in [-0.2, 0) is 10.2 Å². The van der Waals surface area contributed by atoms with Crippen LogP contribution >= 0.6 is 15.9 Å². The molecule has 35 heavy (non-hydrogen) atoms. The van der Waals surface area contributed by atoms with Crippen molar-refractivity contribution in [2.45, 2.75) is 46.0 Å². The number of aromatic nitrogens is 2. The Balaban J connectivity index is 1.87. The summed E-state index contributed by atoms with van der Waals surface area (Å²) in [7, 11) is 1.62. The van der Waals surface area contributed by atoms with Crippen LogP contribution in [0.15, 0.2) is 59.1 Å². The molecule has 2 amide bonds. The molecule has 0 aliphatic heterocycles. The van der Waals surface area contributed by atoms with E-state index in [1.807, 2.05) is 48.5 Å². The van der Waals surface area contributed by atoms with Crippen LogP contribution in [0.1, 0.15) is 56.6 Å². The first-order valence-electron chi connectivity index (χ1n) is 11.7. The Morgan fingerprint density at radius 1 is 1.11 bits per heavy atom. The Bertz CT molecular complexity index is 1170. The number of hydrogen-bond acceptors (Lipinski definition) is 4. The highest BCUT2D eigenvalue weighted by Gasteiger charge is 2.24. The van der Waals surface area contributed by atoms with E-state index in [-0.39, 0.29) is 23.8 Å². The Labute approximate surface area is 215 Å². The van der Waals surface area contributed by atoms with Crippen molar-refractivity contribution in [2.75, 3.05) is 25.5 Å². The summed E-state index contributed by atoms with van der Waals surface area (Å²) in [5.74, 6) is 0.824. The van der Waals surface area contributed by atoms with E-state index in [0.717, 1.165) is 30.0 Å². The number of ether oxygens (including phenoxy) is 1. The number of rotatable bonds is 9. The summed E-state index contributed by atoms with van der Waals surface area (Å²) in [6.45, 7) is 8.71. The van der Waals surface area contributed by atoms with Crippen LogP contribution < -0.4 is 10.1 Å². The molecule has 186 valence electrons. The second-order valence-corrected chi connectivity index (χ2v) is 10.2. The molecule has 3 aromatic rings. The molecule has 0 aliphatic rings. The van der Waals surface area contributed by atoms with Crippen LogP contribution in [-0.4, -0.2) is 46.7 Å². The SMILES string of the molecule is CCCCN(CC(=O)Nc1cc(C(C)(C)C)nn1-c1ccc(OC)cc1)C(=O)c1ccccc1Br. The summed E-state index contributed by atoms with van der Waals surface area (Å²) in [5, 5.41) is 7.74. The highest BCUT2D eigenvalue weighted by atomic mass is 79.9. The Morgan fingerprint density at radius 3 is 2.40 bits per heavy atom. The number of nitrogens with zero attached hydrogens (tertiary/aromatic N) is 3. The lowest BCUT2D eigenvalue weighted by Crippen LogP contribution is -2.39. The van der Waals surface area contributed by atoms with Crippen molar-refractivity contribution in [1.29, 1.82) is 0 Å². The van der Waals surface area contributed by atoms with Gasteiger partial charge >= 0.3 is 0 Å². The van der Waals surface area contributed by atoms with E-state index >= 15 is 0 Å². The molecule has 7 nitrogen and oxygen atoms in total. The lowest BCUT2D eigenvalue weighted by Gasteiger charge is -2.23. The minimum Gasteiger partial charge on any atom is -0.497 e. The lowest BCUT2D eigenvalue weighted by atomic mass is 9.92. The van der Waals surface area contributed by atoms with E-state index in [1.165, 1.54) is 0 Å². The number of hydrogen-bond donors (Lipinski definition) is 1. The number of carbonyl (C=O) groups is 2. The van der Waals surface area contributed by atoms with E-state index in [9.17, 15) is 9.59 Å². The number of unbranched alkanes of at least 4 members (excludes halogenated alkanes) is 1. The fourth-order valence-electron chi connectivity index (χ4n) is 3.52. The maximum atomic E-state index is 13.2. The second-order valence-electron chi connectivity index (χ2n) is 9.38. The van der Waals surface area contributed by atoms with E-state index in [1.54, 1.807) is 22.8 Å². The zero-order valence-corrected chi connectivity index (χ0v) is 22.6. The Kier molecular flexibility index (Phi) is 8.72. The molecule has 1 heterocycles. The van der Waals surface area contributed by atoms with Gasteiger partial charge in [-0.05, 0) is 58.7 Å². The maximum Gasteiger partial charge on any atom is 0.255 e. The average molecular weight is 541 g/mol. The third kappa shape index (κ3) is 6.72. The zero-order chi connectivity index (χ0) is 25.6. The minimum absolute atomic E-state index is 0.0567. The monoisotopic (exact) mass is 540 g/mol. The second kappa shape index (κ2) is 11.5. The van der Waals surface area contributed by atoms with Gasteiger partial charge in [0.2, 0.25) is 5.91 Å². The molecule has 1 aromatic heterocycles. The third-order valence-electron chi connectivity index (χ3n) is 5.57. The molecular weight excluding hydrogens is 508 g/mol. The minimum atomic E-state index is -0.281. The van der Waals surface area contributed by atoms with Crippen LogP contribution in [0.3, 0.4) is 0 Å². The molecule has 0 radical (unpaired) electrons. The third-order valence-corrected chi connectivity index (χ3v) is 6.26. The van der Waals surface area contributed by atoms with E-state index in [0.29, 0.717) is 22.4 Å².